The summed E-state index contributed by atoms with van der Waals surface area (Å²) in [6.07, 6.45) is 0. The van der Waals surface area contributed by atoms with Gasteiger partial charge in [0.25, 0.3) is 0 Å². The number of aliphatic carboxylic acids is 1. The highest BCUT2D eigenvalue weighted by Gasteiger charge is 2.39. The van der Waals surface area contributed by atoms with E-state index in [0.717, 1.165) is 11.4 Å². The van der Waals surface area contributed by atoms with Crippen LogP contribution in [0.4, 0.5) is 11.4 Å². The van der Waals surface area contributed by atoms with E-state index in [-0.39, 0.29) is 5.75 Å². The SMILES string of the molecule is CN(C)c1ccc(C(C)(C(=O)O)c2ccccc2O)cc1N(C)C. The van der Waals surface area contributed by atoms with Crippen LogP contribution in [0, 0.1) is 0 Å². The summed E-state index contributed by atoms with van der Waals surface area (Å²) in [5.41, 5.74) is 1.56. The Kier molecular flexibility index (Phi) is 4.73. The number of phenolic OH excluding ortho intramolecular Hbond substituents is 1. The fourth-order valence-electron chi connectivity index (χ4n) is 2.86. The van der Waals surface area contributed by atoms with Crippen molar-refractivity contribution in [3.8, 4) is 5.75 Å². The number of aromatic hydroxyl groups is 1. The monoisotopic (exact) mass is 328 g/mol. The minimum atomic E-state index is -1.35. The summed E-state index contributed by atoms with van der Waals surface area (Å²) in [5.74, 6) is -1.03. The summed E-state index contributed by atoms with van der Waals surface area (Å²) >= 11 is 0. The molecule has 0 spiro atoms. The zero-order chi connectivity index (χ0) is 18.1. The Morgan fingerprint density at radius 1 is 0.958 bits per heavy atom. The van der Waals surface area contributed by atoms with E-state index < -0.39 is 11.4 Å². The van der Waals surface area contributed by atoms with Gasteiger partial charge in [0, 0.05) is 33.8 Å². The second-order valence-corrected chi connectivity index (χ2v) is 6.44. The Labute approximate surface area is 142 Å². The van der Waals surface area contributed by atoms with Crippen LogP contribution in [0.1, 0.15) is 18.1 Å². The highest BCUT2D eigenvalue weighted by atomic mass is 16.4. The van der Waals surface area contributed by atoms with Crippen molar-refractivity contribution < 1.29 is 15.0 Å². The molecule has 2 aromatic rings. The second-order valence-electron chi connectivity index (χ2n) is 6.44. The molecule has 0 aliphatic rings. The predicted molar refractivity (Wildman–Crippen MR) is 97.3 cm³/mol. The summed E-state index contributed by atoms with van der Waals surface area (Å²) in [6, 6.07) is 12.2. The maximum atomic E-state index is 12.1. The molecule has 0 amide bonds. The number of anilines is 2. The summed E-state index contributed by atoms with van der Waals surface area (Å²) in [5, 5.41) is 20.1. The molecule has 0 saturated heterocycles. The molecule has 2 N–H and O–H groups in total. The number of phenols is 1. The summed E-state index contributed by atoms with van der Waals surface area (Å²) in [7, 11) is 7.73. The molecule has 24 heavy (non-hydrogen) atoms. The Morgan fingerprint density at radius 2 is 1.54 bits per heavy atom. The lowest BCUT2D eigenvalue weighted by molar-refractivity contribution is -0.141. The van der Waals surface area contributed by atoms with E-state index in [4.69, 9.17) is 0 Å². The van der Waals surface area contributed by atoms with Crippen LogP contribution in [0.3, 0.4) is 0 Å². The van der Waals surface area contributed by atoms with Crippen LogP contribution in [0.25, 0.3) is 0 Å². The molecule has 1 atom stereocenters. The van der Waals surface area contributed by atoms with Crippen LogP contribution in [0.5, 0.6) is 5.75 Å². The van der Waals surface area contributed by atoms with Crippen molar-refractivity contribution in [2.24, 2.45) is 0 Å². The molecule has 1 unspecified atom stereocenters. The van der Waals surface area contributed by atoms with E-state index in [9.17, 15) is 15.0 Å². The lowest BCUT2D eigenvalue weighted by atomic mass is 9.75. The third-order valence-corrected chi connectivity index (χ3v) is 4.39. The average Bonchev–Trinajstić information content (AvgIpc) is 2.53. The lowest BCUT2D eigenvalue weighted by Gasteiger charge is -2.30. The maximum absolute atomic E-state index is 12.1. The van der Waals surface area contributed by atoms with Gasteiger partial charge in [-0.3, -0.25) is 4.79 Å². The first-order chi connectivity index (χ1) is 11.2. The van der Waals surface area contributed by atoms with Gasteiger partial charge in [0.15, 0.2) is 0 Å². The van der Waals surface area contributed by atoms with Crippen LogP contribution in [0.15, 0.2) is 42.5 Å². The number of carboxylic acid groups (broad SMARTS) is 1. The van der Waals surface area contributed by atoms with E-state index in [0.29, 0.717) is 11.1 Å². The average molecular weight is 328 g/mol. The third kappa shape index (κ3) is 2.89. The number of para-hydroxylation sites is 1. The van der Waals surface area contributed by atoms with Gasteiger partial charge in [0.1, 0.15) is 11.2 Å². The molecule has 0 bridgehead atoms. The van der Waals surface area contributed by atoms with Gasteiger partial charge in [-0.15, -0.1) is 0 Å². The van der Waals surface area contributed by atoms with Crippen molar-refractivity contribution in [1.29, 1.82) is 0 Å². The van der Waals surface area contributed by atoms with Gasteiger partial charge in [0.05, 0.1) is 11.4 Å². The number of benzene rings is 2. The highest BCUT2D eigenvalue weighted by molar-refractivity contribution is 5.88. The van der Waals surface area contributed by atoms with Crippen LogP contribution < -0.4 is 9.80 Å². The molecule has 5 nitrogen and oxygen atoms in total. The molecular formula is C19H24N2O3. The molecule has 128 valence electrons. The minimum Gasteiger partial charge on any atom is -0.508 e. The number of carboxylic acids is 1. The Balaban J connectivity index is 2.72. The smallest absolute Gasteiger partial charge is 0.318 e. The van der Waals surface area contributed by atoms with Crippen LogP contribution in [-0.2, 0) is 10.2 Å². The van der Waals surface area contributed by atoms with Gasteiger partial charge < -0.3 is 20.0 Å². The van der Waals surface area contributed by atoms with Gasteiger partial charge in [-0.05, 0) is 30.7 Å². The van der Waals surface area contributed by atoms with Crippen molar-refractivity contribution >= 4 is 17.3 Å². The van der Waals surface area contributed by atoms with E-state index in [1.54, 1.807) is 25.1 Å². The largest absolute Gasteiger partial charge is 0.508 e. The fraction of sp³-hybridized carbons (Fsp3) is 0.316. The summed E-state index contributed by atoms with van der Waals surface area (Å²) in [6.45, 7) is 1.62. The van der Waals surface area contributed by atoms with Crippen molar-refractivity contribution in [2.75, 3.05) is 38.0 Å². The lowest BCUT2D eigenvalue weighted by Crippen LogP contribution is -2.34. The second kappa shape index (κ2) is 6.43. The number of hydrogen-bond acceptors (Lipinski definition) is 4. The molecule has 2 rings (SSSR count). The molecule has 5 heteroatoms. The topological polar surface area (TPSA) is 64.0 Å². The summed E-state index contributed by atoms with van der Waals surface area (Å²) in [4.78, 5) is 16.1. The van der Waals surface area contributed by atoms with Crippen molar-refractivity contribution in [2.45, 2.75) is 12.3 Å². The minimum absolute atomic E-state index is 0.0227. The van der Waals surface area contributed by atoms with Gasteiger partial charge in [0.2, 0.25) is 0 Å². The zero-order valence-electron chi connectivity index (χ0n) is 14.7. The van der Waals surface area contributed by atoms with E-state index >= 15 is 0 Å². The molecular weight excluding hydrogens is 304 g/mol. The van der Waals surface area contributed by atoms with Crippen molar-refractivity contribution in [3.05, 3.63) is 53.6 Å². The number of nitrogens with zero attached hydrogens (tertiary/aromatic N) is 2. The first kappa shape index (κ1) is 17.7. The summed E-state index contributed by atoms with van der Waals surface area (Å²) < 4.78 is 0. The molecule has 2 aromatic carbocycles. The van der Waals surface area contributed by atoms with Gasteiger partial charge in [-0.25, -0.2) is 0 Å². The molecule has 0 radical (unpaired) electrons. The van der Waals surface area contributed by atoms with E-state index in [2.05, 4.69) is 0 Å². The van der Waals surface area contributed by atoms with Crippen LogP contribution in [-0.4, -0.2) is 44.4 Å². The van der Waals surface area contributed by atoms with Crippen LogP contribution in [0.2, 0.25) is 0 Å². The number of rotatable bonds is 5. The number of carbonyl (C=O) groups is 1. The number of hydrogen-bond donors (Lipinski definition) is 2. The van der Waals surface area contributed by atoms with Gasteiger partial charge in [-0.2, -0.15) is 0 Å². The van der Waals surface area contributed by atoms with E-state index in [1.807, 2.05) is 56.2 Å². The predicted octanol–water partition coefficient (Wildman–Crippen LogP) is 2.91. The Bertz CT molecular complexity index is 756. The first-order valence-corrected chi connectivity index (χ1v) is 7.70. The van der Waals surface area contributed by atoms with Crippen molar-refractivity contribution in [1.82, 2.24) is 0 Å². The molecule has 0 aliphatic carbocycles. The molecule has 0 fully saturated rings. The zero-order valence-corrected chi connectivity index (χ0v) is 14.7. The normalized spacial score (nSPS) is 13.2. The maximum Gasteiger partial charge on any atom is 0.318 e. The molecule has 0 saturated carbocycles. The van der Waals surface area contributed by atoms with E-state index in [1.165, 1.54) is 6.07 Å². The highest BCUT2D eigenvalue weighted by Crippen LogP contribution is 2.40. The Morgan fingerprint density at radius 3 is 2.04 bits per heavy atom. The third-order valence-electron chi connectivity index (χ3n) is 4.39. The standard InChI is InChI=1S/C19H24N2O3/c1-19(18(23)24,14-8-6-7-9-17(14)22)13-10-11-15(20(2)3)16(12-13)21(4)5/h6-12,22H,1-5H3,(H,23,24). The van der Waals surface area contributed by atoms with Crippen LogP contribution >= 0.6 is 0 Å². The molecule has 0 aliphatic heterocycles. The van der Waals surface area contributed by atoms with Gasteiger partial charge in [-0.1, -0.05) is 24.3 Å². The van der Waals surface area contributed by atoms with Gasteiger partial charge >= 0.3 is 5.97 Å². The fourth-order valence-corrected chi connectivity index (χ4v) is 2.86. The Hall–Kier alpha value is -2.69. The quantitative estimate of drug-likeness (QED) is 0.883. The first-order valence-electron chi connectivity index (χ1n) is 7.70. The molecule has 0 heterocycles. The van der Waals surface area contributed by atoms with Crippen molar-refractivity contribution in [3.63, 3.8) is 0 Å². The molecule has 0 aromatic heterocycles.